The van der Waals surface area contributed by atoms with Gasteiger partial charge in [0.1, 0.15) is 16.3 Å². The Labute approximate surface area is 138 Å². The summed E-state index contributed by atoms with van der Waals surface area (Å²) in [7, 11) is 1.60. The van der Waals surface area contributed by atoms with Crippen molar-refractivity contribution in [3.05, 3.63) is 59.0 Å². The van der Waals surface area contributed by atoms with Gasteiger partial charge in [-0.3, -0.25) is 4.79 Å². The minimum Gasteiger partial charge on any atom is -0.497 e. The summed E-state index contributed by atoms with van der Waals surface area (Å²) in [6, 6.07) is 15.0. The molecular weight excluding hydrogens is 310 g/mol. The number of nitrogens with zero attached hydrogens (tertiary/aromatic N) is 2. The van der Waals surface area contributed by atoms with Crippen molar-refractivity contribution in [3.8, 4) is 17.0 Å². The van der Waals surface area contributed by atoms with E-state index in [1.54, 1.807) is 7.11 Å². The summed E-state index contributed by atoms with van der Waals surface area (Å²) in [5, 5.41) is 6.96. The van der Waals surface area contributed by atoms with Gasteiger partial charge >= 0.3 is 0 Å². The van der Waals surface area contributed by atoms with E-state index in [1.807, 2.05) is 55.5 Å². The number of methoxy groups -OCH3 is 1. The zero-order valence-corrected chi connectivity index (χ0v) is 13.6. The fourth-order valence-corrected chi connectivity index (χ4v) is 2.71. The average molecular weight is 325 g/mol. The smallest absolute Gasteiger partial charge is 0.269 e. The van der Waals surface area contributed by atoms with Crippen LogP contribution in [0.3, 0.4) is 0 Å². The fourth-order valence-electron chi connectivity index (χ4n) is 2.12. The number of ether oxygens (including phenoxy) is 1. The van der Waals surface area contributed by atoms with Crippen LogP contribution in [0, 0.1) is 6.92 Å². The van der Waals surface area contributed by atoms with E-state index in [0.717, 1.165) is 28.3 Å². The molecule has 0 spiro atoms. The van der Waals surface area contributed by atoms with Crippen molar-refractivity contribution >= 4 is 23.1 Å². The normalized spacial score (nSPS) is 10.3. The summed E-state index contributed by atoms with van der Waals surface area (Å²) in [5.74, 6) is 0.488. The highest BCUT2D eigenvalue weighted by Crippen LogP contribution is 2.27. The molecule has 2 aromatic carbocycles. The van der Waals surface area contributed by atoms with Crippen LogP contribution >= 0.6 is 11.5 Å². The summed E-state index contributed by atoms with van der Waals surface area (Å²) in [6.07, 6.45) is 0. The van der Waals surface area contributed by atoms with Gasteiger partial charge < -0.3 is 10.1 Å². The van der Waals surface area contributed by atoms with Gasteiger partial charge in [-0.15, -0.1) is 5.10 Å². The number of aryl methyl sites for hydroxylation is 1. The molecule has 0 fully saturated rings. The predicted molar refractivity (Wildman–Crippen MR) is 91.0 cm³/mol. The molecule has 0 aliphatic rings. The van der Waals surface area contributed by atoms with Crippen molar-refractivity contribution in [1.29, 1.82) is 0 Å². The van der Waals surface area contributed by atoms with Crippen LogP contribution in [0.15, 0.2) is 48.5 Å². The van der Waals surface area contributed by atoms with Gasteiger partial charge in [0.05, 0.1) is 7.11 Å². The average Bonchev–Trinajstić information content (AvgIpc) is 3.07. The Hall–Kier alpha value is -2.73. The number of aromatic nitrogens is 2. The summed E-state index contributed by atoms with van der Waals surface area (Å²) in [4.78, 5) is 13.0. The monoisotopic (exact) mass is 325 g/mol. The van der Waals surface area contributed by atoms with E-state index in [1.165, 1.54) is 0 Å². The van der Waals surface area contributed by atoms with Crippen LogP contribution < -0.4 is 10.1 Å². The standard InChI is InChI=1S/C17H15N3O2S/c1-11-6-8-13(9-7-11)18-17(21)16-15(19-20-23-16)12-4-3-5-14(10-12)22-2/h3-10H,1-2H3,(H,18,21). The number of hydrogen-bond donors (Lipinski definition) is 1. The predicted octanol–water partition coefficient (Wildman–Crippen LogP) is 3.77. The van der Waals surface area contributed by atoms with Gasteiger partial charge in [-0.25, -0.2) is 0 Å². The first kappa shape index (κ1) is 15.2. The lowest BCUT2D eigenvalue weighted by Gasteiger charge is -2.06. The molecule has 23 heavy (non-hydrogen) atoms. The molecule has 1 N–H and O–H groups in total. The first-order valence-corrected chi connectivity index (χ1v) is 7.79. The second kappa shape index (κ2) is 6.58. The lowest BCUT2D eigenvalue weighted by Crippen LogP contribution is -2.11. The summed E-state index contributed by atoms with van der Waals surface area (Å²) < 4.78 is 9.14. The molecule has 3 rings (SSSR count). The number of hydrogen-bond acceptors (Lipinski definition) is 5. The molecule has 6 heteroatoms. The molecule has 0 saturated heterocycles. The molecule has 1 amide bonds. The summed E-state index contributed by atoms with van der Waals surface area (Å²) in [5.41, 5.74) is 3.23. The van der Waals surface area contributed by atoms with Crippen LogP contribution in [-0.4, -0.2) is 22.6 Å². The van der Waals surface area contributed by atoms with E-state index >= 15 is 0 Å². The van der Waals surface area contributed by atoms with Gasteiger partial charge in [0.25, 0.3) is 5.91 Å². The topological polar surface area (TPSA) is 64.1 Å². The second-order valence-electron chi connectivity index (χ2n) is 5.00. The number of rotatable bonds is 4. The molecule has 0 bridgehead atoms. The van der Waals surface area contributed by atoms with Crippen molar-refractivity contribution in [2.75, 3.05) is 12.4 Å². The van der Waals surface area contributed by atoms with Gasteiger partial charge in [0.15, 0.2) is 0 Å². The Morgan fingerprint density at radius 3 is 2.70 bits per heavy atom. The van der Waals surface area contributed by atoms with Gasteiger partial charge in [-0.05, 0) is 42.7 Å². The van der Waals surface area contributed by atoms with E-state index in [-0.39, 0.29) is 5.91 Å². The van der Waals surface area contributed by atoms with Crippen LogP contribution in [0.1, 0.15) is 15.2 Å². The Balaban J connectivity index is 1.87. The van der Waals surface area contributed by atoms with E-state index in [2.05, 4.69) is 14.9 Å². The van der Waals surface area contributed by atoms with E-state index in [9.17, 15) is 4.79 Å². The summed E-state index contributed by atoms with van der Waals surface area (Å²) in [6.45, 7) is 2.00. The molecule has 0 radical (unpaired) electrons. The highest BCUT2D eigenvalue weighted by molar-refractivity contribution is 7.08. The van der Waals surface area contributed by atoms with E-state index in [4.69, 9.17) is 4.74 Å². The Morgan fingerprint density at radius 1 is 1.17 bits per heavy atom. The first-order valence-electron chi connectivity index (χ1n) is 7.02. The highest BCUT2D eigenvalue weighted by Gasteiger charge is 2.18. The van der Waals surface area contributed by atoms with Crippen LogP contribution in [-0.2, 0) is 0 Å². The van der Waals surface area contributed by atoms with Crippen molar-refractivity contribution in [1.82, 2.24) is 9.59 Å². The second-order valence-corrected chi connectivity index (χ2v) is 5.76. The summed E-state index contributed by atoms with van der Waals surface area (Å²) >= 11 is 1.07. The maximum absolute atomic E-state index is 12.5. The Bertz CT molecular complexity index is 828. The number of carbonyl (C=O) groups excluding carboxylic acids is 1. The molecule has 1 heterocycles. The Morgan fingerprint density at radius 2 is 1.96 bits per heavy atom. The maximum Gasteiger partial charge on any atom is 0.269 e. The molecule has 0 saturated carbocycles. The van der Waals surface area contributed by atoms with Crippen LogP contribution in [0.25, 0.3) is 11.3 Å². The van der Waals surface area contributed by atoms with Crippen molar-refractivity contribution in [3.63, 3.8) is 0 Å². The van der Waals surface area contributed by atoms with Crippen molar-refractivity contribution in [2.24, 2.45) is 0 Å². The third kappa shape index (κ3) is 3.37. The van der Waals surface area contributed by atoms with Crippen LogP contribution in [0.2, 0.25) is 0 Å². The third-order valence-corrected chi connectivity index (χ3v) is 4.07. The lowest BCUT2D eigenvalue weighted by atomic mass is 10.1. The zero-order chi connectivity index (χ0) is 16.2. The first-order chi connectivity index (χ1) is 11.2. The molecular formula is C17H15N3O2S. The number of nitrogens with one attached hydrogen (secondary N) is 1. The lowest BCUT2D eigenvalue weighted by molar-refractivity contribution is 0.103. The number of carbonyl (C=O) groups is 1. The minimum atomic E-state index is -0.221. The van der Waals surface area contributed by atoms with Gasteiger partial charge in [-0.1, -0.05) is 34.3 Å². The fraction of sp³-hybridized carbons (Fsp3) is 0.118. The molecule has 3 aromatic rings. The van der Waals surface area contributed by atoms with E-state index in [0.29, 0.717) is 16.3 Å². The molecule has 116 valence electrons. The molecule has 5 nitrogen and oxygen atoms in total. The zero-order valence-electron chi connectivity index (χ0n) is 12.7. The number of amides is 1. The van der Waals surface area contributed by atoms with Gasteiger partial charge in [-0.2, -0.15) is 0 Å². The molecule has 0 atom stereocenters. The molecule has 0 aliphatic heterocycles. The molecule has 0 aliphatic carbocycles. The van der Waals surface area contributed by atoms with E-state index < -0.39 is 0 Å². The maximum atomic E-state index is 12.5. The SMILES string of the molecule is COc1cccc(-c2nnsc2C(=O)Nc2ccc(C)cc2)c1. The van der Waals surface area contributed by atoms with Crippen molar-refractivity contribution in [2.45, 2.75) is 6.92 Å². The number of benzene rings is 2. The van der Waals surface area contributed by atoms with Crippen LogP contribution in [0.5, 0.6) is 5.75 Å². The quantitative estimate of drug-likeness (QED) is 0.793. The largest absolute Gasteiger partial charge is 0.497 e. The number of anilines is 1. The van der Waals surface area contributed by atoms with Gasteiger partial charge in [0, 0.05) is 11.3 Å². The molecule has 0 unspecified atom stereocenters. The van der Waals surface area contributed by atoms with Crippen LogP contribution in [0.4, 0.5) is 5.69 Å². The van der Waals surface area contributed by atoms with Crippen molar-refractivity contribution < 1.29 is 9.53 Å². The minimum absolute atomic E-state index is 0.221. The van der Waals surface area contributed by atoms with Gasteiger partial charge in [0.2, 0.25) is 0 Å². The highest BCUT2D eigenvalue weighted by atomic mass is 32.1. The molecule has 1 aromatic heterocycles. The Kier molecular flexibility index (Phi) is 4.34. The third-order valence-electron chi connectivity index (χ3n) is 3.35.